The quantitative estimate of drug-likeness (QED) is 0.856. The van der Waals surface area contributed by atoms with Gasteiger partial charge in [-0.1, -0.05) is 24.6 Å². The number of rotatable bonds is 6. The minimum Gasteiger partial charge on any atom is -0.307 e. The maximum atomic E-state index is 13.0. The molecule has 1 aromatic heterocycles. The van der Waals surface area contributed by atoms with Crippen molar-refractivity contribution in [3.8, 4) is 0 Å². The molecule has 1 heterocycles. The molecule has 6 heteroatoms. The van der Waals surface area contributed by atoms with Crippen LogP contribution in [-0.4, -0.2) is 21.7 Å². The van der Waals surface area contributed by atoms with E-state index in [1.54, 1.807) is 6.07 Å². The molecule has 0 radical (unpaired) electrons. The van der Waals surface area contributed by atoms with Crippen molar-refractivity contribution < 1.29 is 4.39 Å². The molecule has 1 unspecified atom stereocenters. The van der Waals surface area contributed by atoms with Gasteiger partial charge in [0.05, 0.1) is 6.04 Å². The van der Waals surface area contributed by atoms with Crippen LogP contribution in [0.4, 0.5) is 4.39 Å². The normalized spacial score (nSPS) is 12.6. The molecule has 0 spiro atoms. The smallest absolute Gasteiger partial charge is 0.141 e. The predicted molar refractivity (Wildman–Crippen MR) is 72.5 cm³/mol. The highest BCUT2D eigenvalue weighted by Gasteiger charge is 2.16. The van der Waals surface area contributed by atoms with Gasteiger partial charge in [-0.2, -0.15) is 5.10 Å². The third-order valence-corrected chi connectivity index (χ3v) is 3.20. The molecule has 2 rings (SSSR count). The highest BCUT2D eigenvalue weighted by atomic mass is 35.5. The van der Waals surface area contributed by atoms with Crippen LogP contribution < -0.4 is 5.32 Å². The second kappa shape index (κ2) is 6.63. The molecule has 2 aromatic rings. The van der Waals surface area contributed by atoms with Gasteiger partial charge in [-0.25, -0.2) is 9.37 Å². The lowest BCUT2D eigenvalue weighted by Gasteiger charge is -2.16. The Morgan fingerprint density at radius 3 is 2.95 bits per heavy atom. The number of nitrogens with one attached hydrogen (secondary N) is 2. The number of halogens is 2. The van der Waals surface area contributed by atoms with Crippen LogP contribution in [0.2, 0.25) is 5.02 Å². The summed E-state index contributed by atoms with van der Waals surface area (Å²) in [5.41, 5.74) is 0.882. The maximum Gasteiger partial charge on any atom is 0.141 e. The van der Waals surface area contributed by atoms with Crippen LogP contribution in [0.3, 0.4) is 0 Å². The highest BCUT2D eigenvalue weighted by molar-refractivity contribution is 6.31. The van der Waals surface area contributed by atoms with Crippen LogP contribution in [-0.2, 0) is 6.42 Å². The molecule has 0 bridgehead atoms. The van der Waals surface area contributed by atoms with Gasteiger partial charge in [0.25, 0.3) is 0 Å². The molecule has 19 heavy (non-hydrogen) atoms. The second-order valence-electron chi connectivity index (χ2n) is 4.32. The van der Waals surface area contributed by atoms with Crippen LogP contribution in [0.15, 0.2) is 24.5 Å². The Hall–Kier alpha value is -1.46. The SMILES string of the molecule is CCCNC(Cc1ccc(F)cc1Cl)c1ncn[nH]1. The number of aromatic nitrogens is 3. The van der Waals surface area contributed by atoms with Gasteiger partial charge in [0.15, 0.2) is 0 Å². The molecule has 4 nitrogen and oxygen atoms in total. The monoisotopic (exact) mass is 282 g/mol. The van der Waals surface area contributed by atoms with E-state index >= 15 is 0 Å². The molecule has 1 atom stereocenters. The Balaban J connectivity index is 2.15. The fourth-order valence-electron chi connectivity index (χ4n) is 1.87. The molecule has 1 aromatic carbocycles. The first-order valence-electron chi connectivity index (χ1n) is 6.23. The zero-order valence-corrected chi connectivity index (χ0v) is 11.4. The lowest BCUT2D eigenvalue weighted by molar-refractivity contribution is 0.505. The zero-order valence-electron chi connectivity index (χ0n) is 10.7. The van der Waals surface area contributed by atoms with E-state index < -0.39 is 0 Å². The average Bonchev–Trinajstić information content (AvgIpc) is 2.90. The summed E-state index contributed by atoms with van der Waals surface area (Å²) in [7, 11) is 0. The fourth-order valence-corrected chi connectivity index (χ4v) is 2.12. The molecular formula is C13H16ClFN4. The first-order valence-corrected chi connectivity index (χ1v) is 6.61. The summed E-state index contributed by atoms with van der Waals surface area (Å²) >= 11 is 6.06. The van der Waals surface area contributed by atoms with E-state index in [-0.39, 0.29) is 11.9 Å². The standard InChI is InChI=1S/C13H16ClFN4/c1-2-5-16-12(13-17-8-18-19-13)6-9-3-4-10(15)7-11(9)14/h3-4,7-8,12,16H,2,5-6H2,1H3,(H,17,18,19). The lowest BCUT2D eigenvalue weighted by Crippen LogP contribution is -2.25. The molecule has 0 amide bonds. The first-order chi connectivity index (χ1) is 9.20. The highest BCUT2D eigenvalue weighted by Crippen LogP contribution is 2.22. The van der Waals surface area contributed by atoms with Crippen LogP contribution in [0.25, 0.3) is 0 Å². The van der Waals surface area contributed by atoms with E-state index in [0.29, 0.717) is 11.4 Å². The van der Waals surface area contributed by atoms with Crippen LogP contribution >= 0.6 is 11.6 Å². The summed E-state index contributed by atoms with van der Waals surface area (Å²) in [5.74, 6) is 0.431. The minimum atomic E-state index is -0.327. The molecule has 0 saturated carbocycles. The van der Waals surface area contributed by atoms with Gasteiger partial charge in [0.1, 0.15) is 18.0 Å². The third kappa shape index (κ3) is 3.75. The van der Waals surface area contributed by atoms with Gasteiger partial charge in [-0.15, -0.1) is 0 Å². The molecular weight excluding hydrogens is 267 g/mol. The summed E-state index contributed by atoms with van der Waals surface area (Å²) < 4.78 is 13.0. The Labute approximate surface area is 116 Å². The molecule has 0 fully saturated rings. The van der Waals surface area contributed by atoms with Crippen molar-refractivity contribution >= 4 is 11.6 Å². The number of benzene rings is 1. The zero-order chi connectivity index (χ0) is 13.7. The van der Waals surface area contributed by atoms with E-state index in [1.807, 2.05) is 0 Å². The van der Waals surface area contributed by atoms with Crippen LogP contribution in [0.5, 0.6) is 0 Å². The summed E-state index contributed by atoms with van der Waals surface area (Å²) in [5, 5.41) is 10.5. The molecule has 102 valence electrons. The van der Waals surface area contributed by atoms with Crippen molar-refractivity contribution in [2.45, 2.75) is 25.8 Å². The molecule has 2 N–H and O–H groups in total. The van der Waals surface area contributed by atoms with E-state index in [0.717, 1.165) is 24.4 Å². The molecule has 0 aliphatic carbocycles. The fraction of sp³-hybridized carbons (Fsp3) is 0.385. The second-order valence-corrected chi connectivity index (χ2v) is 4.72. The van der Waals surface area contributed by atoms with Crippen molar-refractivity contribution in [1.82, 2.24) is 20.5 Å². The van der Waals surface area contributed by atoms with Gasteiger partial charge in [0, 0.05) is 5.02 Å². The Morgan fingerprint density at radius 2 is 2.32 bits per heavy atom. The lowest BCUT2D eigenvalue weighted by atomic mass is 10.0. The Bertz CT molecular complexity index is 515. The first kappa shape index (κ1) is 14.0. The largest absolute Gasteiger partial charge is 0.307 e. The van der Waals surface area contributed by atoms with E-state index in [2.05, 4.69) is 27.4 Å². The molecule has 0 aliphatic heterocycles. The van der Waals surface area contributed by atoms with E-state index in [1.165, 1.54) is 18.5 Å². The Morgan fingerprint density at radius 1 is 1.47 bits per heavy atom. The summed E-state index contributed by atoms with van der Waals surface area (Å²) in [4.78, 5) is 4.17. The van der Waals surface area contributed by atoms with Crippen molar-refractivity contribution in [3.63, 3.8) is 0 Å². The number of hydrogen-bond donors (Lipinski definition) is 2. The average molecular weight is 283 g/mol. The van der Waals surface area contributed by atoms with Gasteiger partial charge in [0.2, 0.25) is 0 Å². The molecule has 0 aliphatic rings. The number of H-pyrrole nitrogens is 1. The van der Waals surface area contributed by atoms with Crippen LogP contribution in [0.1, 0.15) is 30.8 Å². The van der Waals surface area contributed by atoms with E-state index in [4.69, 9.17) is 11.6 Å². The maximum absolute atomic E-state index is 13.0. The van der Waals surface area contributed by atoms with Crippen molar-refractivity contribution in [2.24, 2.45) is 0 Å². The topological polar surface area (TPSA) is 53.6 Å². The predicted octanol–water partition coefficient (Wildman–Crippen LogP) is 2.88. The van der Waals surface area contributed by atoms with Crippen LogP contribution in [0, 0.1) is 5.82 Å². The summed E-state index contributed by atoms with van der Waals surface area (Å²) in [6.45, 7) is 2.96. The number of hydrogen-bond acceptors (Lipinski definition) is 3. The molecule has 0 saturated heterocycles. The van der Waals surface area contributed by atoms with Crippen molar-refractivity contribution in [3.05, 3.63) is 46.8 Å². The van der Waals surface area contributed by atoms with Gasteiger partial charge >= 0.3 is 0 Å². The van der Waals surface area contributed by atoms with Crippen molar-refractivity contribution in [2.75, 3.05) is 6.54 Å². The van der Waals surface area contributed by atoms with Gasteiger partial charge < -0.3 is 5.32 Å². The summed E-state index contributed by atoms with van der Waals surface area (Å²) in [6, 6.07) is 4.44. The van der Waals surface area contributed by atoms with Gasteiger partial charge in [-0.05, 0) is 37.1 Å². The van der Waals surface area contributed by atoms with Gasteiger partial charge in [-0.3, -0.25) is 5.10 Å². The number of nitrogens with zero attached hydrogens (tertiary/aromatic N) is 2. The third-order valence-electron chi connectivity index (χ3n) is 2.84. The Kier molecular flexibility index (Phi) is 4.87. The summed E-state index contributed by atoms with van der Waals surface area (Å²) in [6.07, 6.45) is 3.12. The minimum absolute atomic E-state index is 0.00888. The number of aromatic amines is 1. The van der Waals surface area contributed by atoms with E-state index in [9.17, 15) is 4.39 Å². The van der Waals surface area contributed by atoms with Crippen molar-refractivity contribution in [1.29, 1.82) is 0 Å².